The van der Waals surface area contributed by atoms with Crippen LogP contribution < -0.4 is 0 Å². The minimum absolute atomic E-state index is 0.780. The first-order valence-electron chi connectivity index (χ1n) is 13.5. The van der Waals surface area contributed by atoms with Crippen LogP contribution in [0.1, 0.15) is 16.7 Å². The Balaban J connectivity index is 1.46. The molecule has 7 rings (SSSR count). The number of benzene rings is 7. The Kier molecular flexibility index (Phi) is 6.07. The Labute approximate surface area is 234 Å². The van der Waals surface area contributed by atoms with E-state index in [1.807, 2.05) is 0 Å². The summed E-state index contributed by atoms with van der Waals surface area (Å²) < 4.78 is 0. The van der Waals surface area contributed by atoms with Gasteiger partial charge in [-0.05, 0) is 72.9 Å². The fourth-order valence-electron chi connectivity index (χ4n) is 5.39. The van der Waals surface area contributed by atoms with E-state index in [0.717, 1.165) is 33.0 Å². The Bertz CT molecular complexity index is 2060. The highest BCUT2D eigenvalue weighted by Crippen LogP contribution is 2.30. The molecule has 0 bridgehead atoms. The molecule has 0 spiro atoms. The lowest BCUT2D eigenvalue weighted by atomic mass is 9.95. The highest BCUT2D eigenvalue weighted by Gasteiger charge is 2.06. The van der Waals surface area contributed by atoms with E-state index < -0.39 is 0 Å². The average Bonchev–Trinajstić information content (AvgIpc) is 3.02. The van der Waals surface area contributed by atoms with E-state index in [-0.39, 0.29) is 0 Å². The summed E-state index contributed by atoms with van der Waals surface area (Å²) in [7, 11) is 0. The van der Waals surface area contributed by atoms with Gasteiger partial charge in [0.05, 0.1) is 5.57 Å². The molecular formula is C40H24. The Hall–Kier alpha value is -5.56. The van der Waals surface area contributed by atoms with Crippen molar-refractivity contribution < 1.29 is 0 Å². The molecule has 7 aromatic rings. The second-order valence-corrected chi connectivity index (χ2v) is 9.84. The van der Waals surface area contributed by atoms with E-state index >= 15 is 0 Å². The van der Waals surface area contributed by atoms with Crippen molar-refractivity contribution in [3.8, 4) is 23.7 Å². The van der Waals surface area contributed by atoms with Gasteiger partial charge in [-0.3, -0.25) is 0 Å². The Morgan fingerprint density at radius 1 is 0.400 bits per heavy atom. The number of rotatable bonds is 1. The minimum atomic E-state index is 0.780. The minimum Gasteiger partial charge on any atom is -0.0616 e. The smallest absolute Gasteiger partial charge is 0.0616 e. The summed E-state index contributed by atoms with van der Waals surface area (Å²) in [5.74, 6) is 13.8. The van der Waals surface area contributed by atoms with Crippen molar-refractivity contribution >= 4 is 49.2 Å². The van der Waals surface area contributed by atoms with Gasteiger partial charge in [0.2, 0.25) is 0 Å². The third-order valence-electron chi connectivity index (χ3n) is 7.34. The molecule has 0 unspecified atom stereocenters. The van der Waals surface area contributed by atoms with E-state index in [1.165, 1.54) is 32.3 Å². The molecule has 0 aliphatic heterocycles. The first kappa shape index (κ1) is 23.5. The summed E-state index contributed by atoms with van der Waals surface area (Å²) >= 11 is 0. The maximum absolute atomic E-state index is 3.46. The van der Waals surface area contributed by atoms with Gasteiger partial charge in [0.1, 0.15) is 0 Å². The maximum Gasteiger partial charge on any atom is 0.0757 e. The van der Waals surface area contributed by atoms with E-state index in [9.17, 15) is 0 Å². The number of hydrogen-bond acceptors (Lipinski definition) is 0. The molecule has 0 heteroatoms. The lowest BCUT2D eigenvalue weighted by Crippen LogP contribution is -1.86. The number of hydrogen-bond donors (Lipinski definition) is 0. The molecular weight excluding hydrogens is 480 g/mol. The molecule has 0 aromatic heterocycles. The van der Waals surface area contributed by atoms with Crippen molar-refractivity contribution in [2.45, 2.75) is 0 Å². The molecule has 0 saturated heterocycles. The molecule has 0 saturated carbocycles. The van der Waals surface area contributed by atoms with Crippen LogP contribution in [-0.4, -0.2) is 0 Å². The van der Waals surface area contributed by atoms with Gasteiger partial charge < -0.3 is 0 Å². The van der Waals surface area contributed by atoms with Crippen molar-refractivity contribution in [1.29, 1.82) is 0 Å². The normalized spacial score (nSPS) is 10.6. The van der Waals surface area contributed by atoms with Crippen LogP contribution in [0.25, 0.3) is 49.2 Å². The first-order chi connectivity index (χ1) is 19.8. The summed E-state index contributed by atoms with van der Waals surface area (Å²) in [4.78, 5) is 0. The van der Waals surface area contributed by atoms with Crippen molar-refractivity contribution in [1.82, 2.24) is 0 Å². The lowest BCUT2D eigenvalue weighted by Gasteiger charge is -2.08. The molecule has 0 radical (unpaired) electrons. The average molecular weight is 505 g/mol. The van der Waals surface area contributed by atoms with Crippen molar-refractivity contribution in [2.24, 2.45) is 0 Å². The maximum atomic E-state index is 3.46. The second kappa shape index (κ2) is 10.3. The quantitative estimate of drug-likeness (QED) is 0.154. The predicted molar refractivity (Wildman–Crippen MR) is 171 cm³/mol. The van der Waals surface area contributed by atoms with Gasteiger partial charge in [-0.15, -0.1) is 0 Å². The van der Waals surface area contributed by atoms with E-state index in [1.54, 1.807) is 0 Å². The Morgan fingerprint density at radius 3 is 1.30 bits per heavy atom. The van der Waals surface area contributed by atoms with Crippen molar-refractivity contribution in [2.75, 3.05) is 0 Å². The fraction of sp³-hybridized carbons (Fsp3) is 0. The summed E-state index contributed by atoms with van der Waals surface area (Å²) in [5.41, 5.74) is 3.92. The molecule has 0 fully saturated rings. The van der Waals surface area contributed by atoms with Crippen LogP contribution in [0.5, 0.6) is 0 Å². The third-order valence-corrected chi connectivity index (χ3v) is 7.34. The van der Waals surface area contributed by atoms with Gasteiger partial charge in [0.25, 0.3) is 0 Å². The SMILES string of the molecule is C(#Cc1cccc2ccccc12)C(C#Cc1cccc2ccccc12)=Cc1c2ccccc2cc2ccccc12. The van der Waals surface area contributed by atoms with Crippen LogP contribution in [0, 0.1) is 23.7 Å². The summed E-state index contributed by atoms with van der Waals surface area (Å²) in [6.45, 7) is 0. The molecule has 0 aliphatic carbocycles. The highest BCUT2D eigenvalue weighted by molar-refractivity contribution is 6.07. The molecule has 184 valence electrons. The topological polar surface area (TPSA) is 0 Å². The molecule has 0 N–H and O–H groups in total. The molecule has 0 heterocycles. The Morgan fingerprint density at radius 2 is 0.800 bits per heavy atom. The molecule has 0 nitrogen and oxygen atoms in total. The first-order valence-corrected chi connectivity index (χ1v) is 13.5. The summed E-state index contributed by atoms with van der Waals surface area (Å²) in [6, 6.07) is 48.6. The van der Waals surface area contributed by atoms with E-state index in [4.69, 9.17) is 0 Å². The summed E-state index contributed by atoms with van der Waals surface area (Å²) in [5, 5.41) is 9.45. The van der Waals surface area contributed by atoms with Gasteiger partial charge in [-0.2, -0.15) is 0 Å². The molecule has 40 heavy (non-hydrogen) atoms. The zero-order chi connectivity index (χ0) is 26.7. The van der Waals surface area contributed by atoms with Gasteiger partial charge >= 0.3 is 0 Å². The standard InChI is InChI=1S/C40H24/c1-5-19-36-30(11-1)15-9-17-32(36)25-23-29(24-26-33-18-10-16-31-12-2-6-20-37(31)33)27-40-38-21-7-3-13-34(38)28-35-14-4-8-22-39(35)40/h1-22,27-28H. The zero-order valence-electron chi connectivity index (χ0n) is 21.9. The van der Waals surface area contributed by atoms with Crippen LogP contribution >= 0.6 is 0 Å². The van der Waals surface area contributed by atoms with Crippen LogP contribution in [0.15, 0.2) is 145 Å². The molecule has 0 aliphatic rings. The largest absolute Gasteiger partial charge is 0.0757 e. The van der Waals surface area contributed by atoms with Gasteiger partial charge in [-0.1, -0.05) is 145 Å². The molecule has 7 aromatic carbocycles. The van der Waals surface area contributed by atoms with E-state index in [2.05, 4.69) is 169 Å². The van der Waals surface area contributed by atoms with Crippen LogP contribution in [0.2, 0.25) is 0 Å². The van der Waals surface area contributed by atoms with Gasteiger partial charge in [0, 0.05) is 11.1 Å². The van der Waals surface area contributed by atoms with Crippen LogP contribution in [0.4, 0.5) is 0 Å². The lowest BCUT2D eigenvalue weighted by molar-refractivity contribution is 1.69. The van der Waals surface area contributed by atoms with Gasteiger partial charge in [0.15, 0.2) is 0 Å². The fourth-order valence-corrected chi connectivity index (χ4v) is 5.39. The van der Waals surface area contributed by atoms with Crippen LogP contribution in [-0.2, 0) is 0 Å². The highest BCUT2D eigenvalue weighted by atomic mass is 14.1. The number of fused-ring (bicyclic) bond motifs is 4. The molecule has 0 atom stereocenters. The summed E-state index contributed by atoms with van der Waals surface area (Å²) in [6.07, 6.45) is 2.17. The van der Waals surface area contributed by atoms with Crippen molar-refractivity contribution in [3.05, 3.63) is 162 Å². The van der Waals surface area contributed by atoms with Gasteiger partial charge in [-0.25, -0.2) is 0 Å². The third kappa shape index (κ3) is 4.50. The second-order valence-electron chi connectivity index (χ2n) is 9.84. The zero-order valence-corrected chi connectivity index (χ0v) is 21.9. The molecule has 0 amide bonds. The van der Waals surface area contributed by atoms with Crippen LogP contribution in [0.3, 0.4) is 0 Å². The van der Waals surface area contributed by atoms with E-state index in [0.29, 0.717) is 0 Å². The predicted octanol–water partition coefficient (Wildman–Crippen LogP) is 9.79. The number of allylic oxidation sites excluding steroid dienone is 1. The van der Waals surface area contributed by atoms with Crippen molar-refractivity contribution in [3.63, 3.8) is 0 Å². The monoisotopic (exact) mass is 504 g/mol.